The summed E-state index contributed by atoms with van der Waals surface area (Å²) in [6, 6.07) is 10.9. The molecule has 0 spiro atoms. The summed E-state index contributed by atoms with van der Waals surface area (Å²) < 4.78 is 10.1. The summed E-state index contributed by atoms with van der Waals surface area (Å²) >= 11 is -2.71. The molecule has 0 aliphatic rings. The standard InChI is InChI=1S/C14H19OSi.3C3H7.Sn/c1-13(15-16(2,3)4)9-8-12-14-10-6-5-7-11-14;3*1-3-2;/h5-7,10-11H,12H2,1-4H3;3*3H,1-2H3;. The molecule has 146 valence electrons. The van der Waals surface area contributed by atoms with Gasteiger partial charge in [-0.25, -0.2) is 0 Å². The van der Waals surface area contributed by atoms with E-state index in [0.29, 0.717) is 0 Å². The van der Waals surface area contributed by atoms with Crippen LogP contribution in [0, 0.1) is 0 Å². The van der Waals surface area contributed by atoms with Gasteiger partial charge in [0.2, 0.25) is 0 Å². The van der Waals surface area contributed by atoms with Crippen molar-refractivity contribution >= 4 is 26.7 Å². The van der Waals surface area contributed by atoms with E-state index in [9.17, 15) is 0 Å². The third-order valence-corrected chi connectivity index (χ3v) is 26.5. The van der Waals surface area contributed by atoms with Crippen LogP contribution in [0.15, 0.2) is 45.4 Å². The first-order chi connectivity index (χ1) is 11.9. The van der Waals surface area contributed by atoms with Crippen LogP contribution in [0.1, 0.15) is 54.0 Å². The Labute approximate surface area is 167 Å². The van der Waals surface area contributed by atoms with Crippen LogP contribution in [-0.4, -0.2) is 26.7 Å². The zero-order valence-electron chi connectivity index (χ0n) is 18.7. The van der Waals surface area contributed by atoms with E-state index in [1.54, 1.807) is 3.59 Å². The van der Waals surface area contributed by atoms with Crippen molar-refractivity contribution in [3.63, 3.8) is 0 Å². The van der Waals surface area contributed by atoms with Crippen molar-refractivity contribution in [1.29, 1.82) is 0 Å². The molecular formula is C23H40OSiSn. The number of hydrogen-bond donors (Lipinski definition) is 0. The Balaban J connectivity index is 3.64. The van der Waals surface area contributed by atoms with Gasteiger partial charge in [0.05, 0.1) is 0 Å². The molecule has 1 aromatic rings. The quantitative estimate of drug-likeness (QED) is 0.211. The van der Waals surface area contributed by atoms with E-state index in [2.05, 4.69) is 104 Å². The van der Waals surface area contributed by atoms with Crippen LogP contribution in [0.3, 0.4) is 0 Å². The van der Waals surface area contributed by atoms with Gasteiger partial charge in [-0.15, -0.1) is 0 Å². The van der Waals surface area contributed by atoms with Crippen LogP contribution in [0.5, 0.6) is 0 Å². The summed E-state index contributed by atoms with van der Waals surface area (Å²) in [5, 5.41) is 0. The zero-order valence-corrected chi connectivity index (χ0v) is 22.6. The molecule has 1 nitrogen and oxygen atoms in total. The topological polar surface area (TPSA) is 9.23 Å². The first kappa shape index (κ1) is 23.6. The molecule has 1 rings (SSSR count). The predicted octanol–water partition coefficient (Wildman–Crippen LogP) is 7.73. The second-order valence-electron chi connectivity index (χ2n) is 9.43. The molecule has 0 unspecified atom stereocenters. The monoisotopic (exact) mass is 480 g/mol. The second-order valence-corrected chi connectivity index (χ2v) is 30.8. The number of hydrogen-bond acceptors (Lipinski definition) is 1. The van der Waals surface area contributed by atoms with Crippen molar-refractivity contribution in [3.8, 4) is 0 Å². The average molecular weight is 479 g/mol. The summed E-state index contributed by atoms with van der Waals surface area (Å²) in [5.74, 6) is 0.998. The molecule has 0 aliphatic heterocycles. The minimum atomic E-state index is -2.71. The van der Waals surface area contributed by atoms with E-state index in [4.69, 9.17) is 4.43 Å². The molecule has 0 N–H and O–H groups in total. The molecule has 0 heterocycles. The first-order valence-corrected chi connectivity index (χ1v) is 19.9. The van der Waals surface area contributed by atoms with Gasteiger partial charge in [-0.3, -0.25) is 0 Å². The molecular weight excluding hydrogens is 439 g/mol. The van der Waals surface area contributed by atoms with Crippen molar-refractivity contribution in [2.45, 2.75) is 86.3 Å². The van der Waals surface area contributed by atoms with E-state index in [1.807, 2.05) is 0 Å². The minimum absolute atomic E-state index is 0.746. The molecule has 0 fully saturated rings. The number of allylic oxidation sites excluding steroid dienone is 1. The summed E-state index contributed by atoms with van der Waals surface area (Å²) in [5.41, 5.74) is 5.25. The van der Waals surface area contributed by atoms with Gasteiger partial charge in [0, 0.05) is 0 Å². The van der Waals surface area contributed by atoms with Gasteiger partial charge in [0.15, 0.2) is 0 Å². The molecule has 0 aromatic heterocycles. The fourth-order valence-electron chi connectivity index (χ4n) is 4.85. The Morgan fingerprint density at radius 3 is 1.77 bits per heavy atom. The van der Waals surface area contributed by atoms with Crippen LogP contribution < -0.4 is 0 Å². The molecule has 0 saturated carbocycles. The van der Waals surface area contributed by atoms with Crippen molar-refractivity contribution < 1.29 is 4.43 Å². The first-order valence-electron chi connectivity index (χ1n) is 10.1. The summed E-state index contributed by atoms with van der Waals surface area (Å²) in [4.78, 5) is 0. The van der Waals surface area contributed by atoms with Crippen molar-refractivity contribution in [2.24, 2.45) is 0 Å². The Kier molecular flexibility index (Phi) is 8.77. The van der Waals surface area contributed by atoms with Gasteiger partial charge in [-0.2, -0.15) is 0 Å². The molecule has 0 aliphatic carbocycles. The van der Waals surface area contributed by atoms with E-state index in [-0.39, 0.29) is 0 Å². The van der Waals surface area contributed by atoms with Crippen molar-refractivity contribution in [3.05, 3.63) is 51.0 Å². The fraction of sp³-hybridized carbons (Fsp3) is 0.609. The molecule has 26 heavy (non-hydrogen) atoms. The third-order valence-electron chi connectivity index (χ3n) is 5.40. The molecule has 1 aromatic carbocycles. The Bertz CT molecular complexity index is 610. The molecule has 0 atom stereocenters. The molecule has 0 saturated heterocycles. The molecule has 0 radical (unpaired) electrons. The third kappa shape index (κ3) is 6.04. The normalized spacial score (nSPS) is 12.5. The van der Waals surface area contributed by atoms with E-state index < -0.39 is 26.7 Å². The van der Waals surface area contributed by atoms with Crippen molar-refractivity contribution in [1.82, 2.24) is 0 Å². The molecule has 0 amide bonds. The number of benzene rings is 1. The zero-order chi connectivity index (χ0) is 20.1. The number of rotatable bonds is 8. The van der Waals surface area contributed by atoms with Gasteiger partial charge < -0.3 is 0 Å². The van der Waals surface area contributed by atoms with Crippen LogP contribution in [-0.2, 0) is 10.8 Å². The van der Waals surface area contributed by atoms with Crippen molar-refractivity contribution in [2.75, 3.05) is 0 Å². The second kappa shape index (κ2) is 9.66. The van der Waals surface area contributed by atoms with E-state index >= 15 is 0 Å². The van der Waals surface area contributed by atoms with E-state index in [1.165, 1.54) is 5.56 Å². The van der Waals surface area contributed by atoms with Crippen LogP contribution >= 0.6 is 0 Å². The average Bonchev–Trinajstić information content (AvgIpc) is 2.45. The van der Waals surface area contributed by atoms with Crippen LogP contribution in [0.2, 0.25) is 31.4 Å². The summed E-state index contributed by atoms with van der Waals surface area (Å²) in [6.45, 7) is 23.6. The van der Waals surface area contributed by atoms with Gasteiger partial charge in [-0.05, 0) is 0 Å². The van der Waals surface area contributed by atoms with Gasteiger partial charge in [0.1, 0.15) is 0 Å². The Morgan fingerprint density at radius 2 is 1.38 bits per heavy atom. The molecule has 0 bridgehead atoms. The van der Waals surface area contributed by atoms with E-state index in [0.717, 1.165) is 24.0 Å². The Hall–Kier alpha value is -0.444. The van der Waals surface area contributed by atoms with Gasteiger partial charge in [-0.1, -0.05) is 0 Å². The summed E-state index contributed by atoms with van der Waals surface area (Å²) in [6.07, 6.45) is 1.03. The maximum absolute atomic E-state index is 6.30. The Morgan fingerprint density at radius 1 is 0.923 bits per heavy atom. The van der Waals surface area contributed by atoms with Gasteiger partial charge in [0.25, 0.3) is 0 Å². The van der Waals surface area contributed by atoms with Gasteiger partial charge >= 0.3 is 168 Å². The van der Waals surface area contributed by atoms with Crippen LogP contribution in [0.25, 0.3) is 0 Å². The molecule has 3 heteroatoms. The fourth-order valence-corrected chi connectivity index (χ4v) is 25.8. The van der Waals surface area contributed by atoms with Crippen LogP contribution in [0.4, 0.5) is 0 Å². The maximum atomic E-state index is 6.30. The predicted molar refractivity (Wildman–Crippen MR) is 122 cm³/mol. The summed E-state index contributed by atoms with van der Waals surface area (Å²) in [7, 11) is -1.61. The SMILES string of the molecule is CC(=C=[C](Cc1ccccc1)[Sn]([CH](C)C)([CH](C)C)[CH](C)C)O[Si](C)(C)C.